The average Bonchev–Trinajstić information content (AvgIpc) is 2.24. The van der Waals surface area contributed by atoms with E-state index in [1.165, 1.54) is 12.8 Å². The monoisotopic (exact) mass is 257 g/mol. The maximum atomic E-state index is 5.41. The van der Waals surface area contributed by atoms with Gasteiger partial charge in [-0.05, 0) is 19.4 Å². The van der Waals surface area contributed by atoms with Crippen LogP contribution in [0.4, 0.5) is 0 Å². The number of unbranched alkanes of at least 4 members (excludes halogenated alkanes) is 3. The molecule has 6 heteroatoms. The summed E-state index contributed by atoms with van der Waals surface area (Å²) in [5.41, 5.74) is 5.41. The lowest BCUT2D eigenvalue weighted by atomic mass is 10.2. The van der Waals surface area contributed by atoms with Gasteiger partial charge in [0.2, 0.25) is 0 Å². The van der Waals surface area contributed by atoms with Crippen molar-refractivity contribution in [3.05, 3.63) is 0 Å². The molecule has 0 rings (SSSR count). The molecule has 4 nitrogen and oxygen atoms in total. The van der Waals surface area contributed by atoms with E-state index in [2.05, 4.69) is 0 Å². The average molecular weight is 258 g/mol. The van der Waals surface area contributed by atoms with Gasteiger partial charge in [0.15, 0.2) is 0 Å². The minimum Gasteiger partial charge on any atom is -0.377 e. The lowest BCUT2D eigenvalue weighted by Gasteiger charge is -2.24. The third kappa shape index (κ3) is 7.27. The van der Waals surface area contributed by atoms with Crippen LogP contribution >= 0.6 is 12.4 Å². The van der Waals surface area contributed by atoms with Crippen molar-refractivity contribution >= 4 is 21.2 Å². The standard InChI is InChI=1S/C9H23NO3Si.ClH/c1-11-14(12-2,13-3)9-7-5-4-6-8-10;/h4-10H2,1-3H3;1H. The molecule has 0 aliphatic rings. The van der Waals surface area contributed by atoms with Crippen molar-refractivity contribution in [1.82, 2.24) is 0 Å². The van der Waals surface area contributed by atoms with Crippen LogP contribution in [0, 0.1) is 0 Å². The summed E-state index contributed by atoms with van der Waals surface area (Å²) in [4.78, 5) is 0. The topological polar surface area (TPSA) is 53.7 Å². The van der Waals surface area contributed by atoms with Crippen LogP contribution in [-0.4, -0.2) is 36.7 Å². The number of hydrogen-bond acceptors (Lipinski definition) is 4. The Kier molecular flexibility index (Phi) is 12.8. The fraction of sp³-hybridized carbons (Fsp3) is 1.00. The van der Waals surface area contributed by atoms with E-state index in [4.69, 9.17) is 19.0 Å². The van der Waals surface area contributed by atoms with Crippen molar-refractivity contribution in [3.63, 3.8) is 0 Å². The molecule has 0 amide bonds. The van der Waals surface area contributed by atoms with Gasteiger partial charge in [0.05, 0.1) is 0 Å². The second kappa shape index (κ2) is 10.9. The van der Waals surface area contributed by atoms with Gasteiger partial charge < -0.3 is 19.0 Å². The van der Waals surface area contributed by atoms with Gasteiger partial charge in [0.1, 0.15) is 0 Å². The number of rotatable bonds is 9. The minimum absolute atomic E-state index is 0. The lowest BCUT2D eigenvalue weighted by molar-refractivity contribution is 0.122. The van der Waals surface area contributed by atoms with Gasteiger partial charge in [-0.1, -0.05) is 12.8 Å². The molecule has 0 spiro atoms. The van der Waals surface area contributed by atoms with Gasteiger partial charge in [-0.2, -0.15) is 0 Å². The lowest BCUT2D eigenvalue weighted by Crippen LogP contribution is -2.42. The van der Waals surface area contributed by atoms with Gasteiger partial charge in [-0.25, -0.2) is 0 Å². The largest absolute Gasteiger partial charge is 0.500 e. The van der Waals surface area contributed by atoms with E-state index in [0.717, 1.165) is 25.4 Å². The first kappa shape index (κ1) is 17.7. The van der Waals surface area contributed by atoms with Crippen LogP contribution in [-0.2, 0) is 13.3 Å². The van der Waals surface area contributed by atoms with Crippen molar-refractivity contribution in [2.75, 3.05) is 27.9 Å². The number of nitrogens with two attached hydrogens (primary N) is 1. The molecule has 0 aromatic rings. The third-order valence-corrected chi connectivity index (χ3v) is 5.20. The third-order valence-electron chi connectivity index (χ3n) is 2.37. The van der Waals surface area contributed by atoms with Crippen molar-refractivity contribution in [3.8, 4) is 0 Å². The summed E-state index contributed by atoms with van der Waals surface area (Å²) in [7, 11) is 2.65. The van der Waals surface area contributed by atoms with Crippen LogP contribution < -0.4 is 5.73 Å². The molecule has 0 unspecified atom stereocenters. The van der Waals surface area contributed by atoms with Crippen molar-refractivity contribution < 1.29 is 13.3 Å². The van der Waals surface area contributed by atoms with Crippen LogP contribution in [0.5, 0.6) is 0 Å². The molecule has 0 aliphatic heterocycles. The molecular weight excluding hydrogens is 234 g/mol. The maximum absolute atomic E-state index is 5.41. The van der Waals surface area contributed by atoms with E-state index in [-0.39, 0.29) is 12.4 Å². The fourth-order valence-electron chi connectivity index (χ4n) is 1.40. The summed E-state index contributed by atoms with van der Waals surface area (Å²) in [5.74, 6) is 0. The highest BCUT2D eigenvalue weighted by atomic mass is 35.5. The predicted octanol–water partition coefficient (Wildman–Crippen LogP) is 1.81. The molecule has 0 aromatic carbocycles. The smallest absolute Gasteiger partial charge is 0.377 e. The second-order valence-corrected chi connectivity index (χ2v) is 6.34. The Morgan fingerprint density at radius 1 is 0.867 bits per heavy atom. The molecule has 94 valence electrons. The zero-order valence-corrected chi connectivity index (χ0v) is 11.8. The van der Waals surface area contributed by atoms with E-state index in [1.807, 2.05) is 0 Å². The predicted molar refractivity (Wildman–Crippen MR) is 66.4 cm³/mol. The van der Waals surface area contributed by atoms with Crippen LogP contribution in [0.1, 0.15) is 25.7 Å². The first-order chi connectivity index (χ1) is 6.74. The Labute approximate surface area is 100 Å². The zero-order chi connectivity index (χ0) is 10.9. The van der Waals surface area contributed by atoms with Crippen molar-refractivity contribution in [1.29, 1.82) is 0 Å². The molecule has 0 fully saturated rings. The Morgan fingerprint density at radius 2 is 1.33 bits per heavy atom. The molecule has 0 aromatic heterocycles. The van der Waals surface area contributed by atoms with E-state index >= 15 is 0 Å². The SMILES string of the molecule is CO[Si](CCCCCCN)(OC)OC.Cl. The van der Waals surface area contributed by atoms with E-state index in [0.29, 0.717) is 0 Å². The van der Waals surface area contributed by atoms with Crippen LogP contribution in [0.3, 0.4) is 0 Å². The quantitative estimate of drug-likeness (QED) is 0.506. The number of hydrogen-bond donors (Lipinski definition) is 1. The van der Waals surface area contributed by atoms with Crippen LogP contribution in [0.15, 0.2) is 0 Å². The molecule has 0 aliphatic carbocycles. The van der Waals surface area contributed by atoms with Crippen molar-refractivity contribution in [2.45, 2.75) is 31.7 Å². The number of halogens is 1. The summed E-state index contributed by atoms with van der Waals surface area (Å²) in [6, 6.07) is 0.890. The van der Waals surface area contributed by atoms with E-state index in [9.17, 15) is 0 Å². The normalized spacial score (nSPS) is 11.2. The summed E-state index contributed by atoms with van der Waals surface area (Å²) >= 11 is 0. The highest BCUT2D eigenvalue weighted by molar-refractivity contribution is 6.60. The Balaban J connectivity index is 0. The maximum Gasteiger partial charge on any atom is 0.500 e. The summed E-state index contributed by atoms with van der Waals surface area (Å²) in [5, 5.41) is 0. The van der Waals surface area contributed by atoms with Gasteiger partial charge in [-0.15, -0.1) is 12.4 Å². The van der Waals surface area contributed by atoms with Gasteiger partial charge in [0, 0.05) is 27.4 Å². The molecule has 15 heavy (non-hydrogen) atoms. The minimum atomic E-state index is -2.31. The van der Waals surface area contributed by atoms with Gasteiger partial charge >= 0.3 is 8.80 Å². The fourth-order valence-corrected chi connectivity index (χ4v) is 3.19. The molecule has 0 bridgehead atoms. The second-order valence-electron chi connectivity index (χ2n) is 3.25. The summed E-state index contributed by atoms with van der Waals surface area (Å²) < 4.78 is 15.9. The first-order valence-corrected chi connectivity index (χ1v) is 7.03. The molecule has 0 atom stereocenters. The molecule has 0 heterocycles. The molecule has 0 saturated carbocycles. The van der Waals surface area contributed by atoms with Crippen molar-refractivity contribution in [2.24, 2.45) is 5.73 Å². The highest BCUT2D eigenvalue weighted by Crippen LogP contribution is 2.17. The van der Waals surface area contributed by atoms with Gasteiger partial charge in [-0.3, -0.25) is 0 Å². The summed E-state index contributed by atoms with van der Waals surface area (Å²) in [6.45, 7) is 0.779. The highest BCUT2D eigenvalue weighted by Gasteiger charge is 2.36. The Morgan fingerprint density at radius 3 is 1.73 bits per heavy atom. The van der Waals surface area contributed by atoms with Gasteiger partial charge in [0.25, 0.3) is 0 Å². The van der Waals surface area contributed by atoms with Crippen LogP contribution in [0.25, 0.3) is 0 Å². The van der Waals surface area contributed by atoms with E-state index < -0.39 is 8.80 Å². The Bertz CT molecular complexity index is 128. The first-order valence-electron chi connectivity index (χ1n) is 5.10. The molecule has 0 saturated heterocycles. The Hall–Kier alpha value is 0.347. The molecule has 2 N–H and O–H groups in total. The molecule has 0 radical (unpaired) electrons. The van der Waals surface area contributed by atoms with Crippen LogP contribution in [0.2, 0.25) is 6.04 Å². The summed E-state index contributed by atoms with van der Waals surface area (Å²) in [6.07, 6.45) is 4.53. The molecular formula is C9H24ClNO3Si. The van der Waals surface area contributed by atoms with E-state index in [1.54, 1.807) is 21.3 Å². The zero-order valence-electron chi connectivity index (χ0n) is 9.95.